The number of phenols is 2. The fraction of sp³-hybridized carbons (Fsp3) is 0.333. The van der Waals surface area contributed by atoms with Crippen molar-refractivity contribution < 1.29 is 24.5 Å². The predicted octanol–water partition coefficient (Wildman–Crippen LogP) is 3.70. The smallest absolute Gasteiger partial charge is 0.342 e. The van der Waals surface area contributed by atoms with Gasteiger partial charge in [-0.1, -0.05) is 42.0 Å². The van der Waals surface area contributed by atoms with E-state index in [2.05, 4.69) is 5.32 Å². The highest BCUT2D eigenvalue weighted by atomic mass is 16.5. The number of hydrogen-bond acceptors (Lipinski definition) is 5. The summed E-state index contributed by atoms with van der Waals surface area (Å²) in [5, 5.41) is 23.8. The highest BCUT2D eigenvalue weighted by Gasteiger charge is 2.31. The van der Waals surface area contributed by atoms with E-state index < -0.39 is 5.97 Å². The van der Waals surface area contributed by atoms with Crippen LogP contribution in [0.3, 0.4) is 0 Å². The molecule has 3 rings (SSSR count). The van der Waals surface area contributed by atoms with Crippen molar-refractivity contribution in [1.29, 1.82) is 0 Å². The zero-order valence-corrected chi connectivity index (χ0v) is 17.3. The summed E-state index contributed by atoms with van der Waals surface area (Å²) in [6.07, 6.45) is 3.86. The molecular formula is C24H27NO5. The maximum atomic E-state index is 12.1. The van der Waals surface area contributed by atoms with Crippen LogP contribution in [0.4, 0.5) is 0 Å². The fourth-order valence-electron chi connectivity index (χ4n) is 3.53. The van der Waals surface area contributed by atoms with Crippen molar-refractivity contribution in [1.82, 2.24) is 5.32 Å². The zero-order chi connectivity index (χ0) is 21.7. The molecule has 0 aliphatic carbocycles. The lowest BCUT2D eigenvalue weighted by Gasteiger charge is -2.12. The van der Waals surface area contributed by atoms with Crippen LogP contribution in [0, 0.1) is 6.92 Å². The molecule has 30 heavy (non-hydrogen) atoms. The van der Waals surface area contributed by atoms with Gasteiger partial charge < -0.3 is 20.3 Å². The summed E-state index contributed by atoms with van der Waals surface area (Å²) in [6.45, 7) is 4.27. The number of carbonyl (C=O) groups is 2. The second-order valence-corrected chi connectivity index (χ2v) is 7.57. The number of nitrogens with one attached hydrogen (secondary N) is 1. The average molecular weight is 409 g/mol. The molecule has 1 aliphatic rings. The topological polar surface area (TPSA) is 95.9 Å². The van der Waals surface area contributed by atoms with E-state index in [4.69, 9.17) is 4.74 Å². The van der Waals surface area contributed by atoms with Crippen molar-refractivity contribution >= 4 is 11.9 Å². The molecule has 0 bridgehead atoms. The minimum Gasteiger partial charge on any atom is -0.507 e. The third-order valence-corrected chi connectivity index (χ3v) is 5.45. The van der Waals surface area contributed by atoms with Crippen LogP contribution in [-0.2, 0) is 29.0 Å². The normalized spacial score (nSPS) is 13.1. The molecule has 0 unspecified atom stereocenters. The number of fused-ring (bicyclic) bond motifs is 1. The summed E-state index contributed by atoms with van der Waals surface area (Å²) in [4.78, 5) is 23.9. The van der Waals surface area contributed by atoms with Gasteiger partial charge in [-0.15, -0.1) is 0 Å². The van der Waals surface area contributed by atoms with Crippen LogP contribution in [0.25, 0.3) is 0 Å². The molecule has 3 N–H and O–H groups in total. The number of aromatic hydroxyl groups is 2. The Labute approximate surface area is 176 Å². The van der Waals surface area contributed by atoms with Crippen LogP contribution in [-0.4, -0.2) is 28.6 Å². The molecule has 0 atom stereocenters. The Kier molecular flexibility index (Phi) is 6.77. The van der Waals surface area contributed by atoms with Crippen molar-refractivity contribution in [2.24, 2.45) is 0 Å². The molecule has 1 amide bonds. The van der Waals surface area contributed by atoms with Crippen molar-refractivity contribution in [3.8, 4) is 11.5 Å². The van der Waals surface area contributed by atoms with Crippen LogP contribution in [0.15, 0.2) is 42.0 Å². The van der Waals surface area contributed by atoms with Crippen molar-refractivity contribution in [3.05, 3.63) is 69.8 Å². The Morgan fingerprint density at radius 3 is 2.63 bits per heavy atom. The van der Waals surface area contributed by atoms with Crippen molar-refractivity contribution in [2.75, 3.05) is 6.54 Å². The molecule has 0 saturated carbocycles. The molecule has 6 heteroatoms. The zero-order valence-electron chi connectivity index (χ0n) is 17.3. The summed E-state index contributed by atoms with van der Waals surface area (Å²) in [6, 6.07) is 9.99. The first kappa shape index (κ1) is 21.4. The Morgan fingerprint density at radius 1 is 1.17 bits per heavy atom. The molecule has 0 radical (unpaired) electrons. The van der Waals surface area contributed by atoms with Crippen LogP contribution >= 0.6 is 0 Å². The first-order chi connectivity index (χ1) is 14.4. The molecule has 0 spiro atoms. The lowest BCUT2D eigenvalue weighted by atomic mass is 9.95. The summed E-state index contributed by atoms with van der Waals surface area (Å²) in [5.41, 5.74) is 3.68. The quantitative estimate of drug-likeness (QED) is 0.456. The number of benzene rings is 2. The molecule has 0 fully saturated rings. The molecule has 2 aromatic carbocycles. The van der Waals surface area contributed by atoms with Gasteiger partial charge in [-0.05, 0) is 44.2 Å². The number of cyclic esters (lactones) is 1. The molecule has 0 saturated heterocycles. The Balaban J connectivity index is 1.53. The Hall–Kier alpha value is -3.28. The lowest BCUT2D eigenvalue weighted by Crippen LogP contribution is -2.25. The molecule has 1 aliphatic heterocycles. The summed E-state index contributed by atoms with van der Waals surface area (Å²) < 4.78 is 4.98. The van der Waals surface area contributed by atoms with Gasteiger partial charge in [-0.2, -0.15) is 0 Å². The number of hydrogen-bond donors (Lipinski definition) is 3. The number of esters is 1. The molecule has 6 nitrogen and oxygen atoms in total. The number of rotatable bonds is 8. The first-order valence-electron chi connectivity index (χ1n) is 10.1. The molecule has 0 aromatic heterocycles. The van der Waals surface area contributed by atoms with Gasteiger partial charge in [-0.3, -0.25) is 4.79 Å². The molecular weight excluding hydrogens is 382 g/mol. The van der Waals surface area contributed by atoms with Crippen molar-refractivity contribution in [2.45, 2.75) is 46.1 Å². The SMILES string of the molecule is C/C(=C/Cc1c(O)c(C)c2c(c1O)C(=O)OC2)CCC(=O)NCCc1ccccc1. The second-order valence-electron chi connectivity index (χ2n) is 7.57. The summed E-state index contributed by atoms with van der Waals surface area (Å²) in [7, 11) is 0. The van der Waals surface area contributed by atoms with E-state index in [1.54, 1.807) is 6.92 Å². The largest absolute Gasteiger partial charge is 0.507 e. The van der Waals surface area contributed by atoms with E-state index >= 15 is 0 Å². The monoisotopic (exact) mass is 409 g/mol. The average Bonchev–Trinajstić information content (AvgIpc) is 3.13. The Morgan fingerprint density at radius 2 is 1.90 bits per heavy atom. The minimum atomic E-state index is -0.570. The van der Waals surface area contributed by atoms with E-state index in [0.29, 0.717) is 36.1 Å². The van der Waals surface area contributed by atoms with Crippen LogP contribution in [0.2, 0.25) is 0 Å². The number of ether oxygens (including phenoxy) is 1. The number of phenolic OH excluding ortho intramolecular Hbond substituents is 2. The molecule has 2 aromatic rings. The number of allylic oxidation sites excluding steroid dienone is 2. The maximum absolute atomic E-state index is 12.1. The van der Waals surface area contributed by atoms with Crippen LogP contribution < -0.4 is 5.32 Å². The predicted molar refractivity (Wildman–Crippen MR) is 113 cm³/mol. The van der Waals surface area contributed by atoms with Gasteiger partial charge in [0.05, 0.1) is 0 Å². The van der Waals surface area contributed by atoms with Gasteiger partial charge in [0.1, 0.15) is 23.7 Å². The lowest BCUT2D eigenvalue weighted by molar-refractivity contribution is -0.121. The number of carbonyl (C=O) groups excluding carboxylic acids is 2. The second kappa shape index (κ2) is 9.48. The van der Waals surface area contributed by atoms with Gasteiger partial charge >= 0.3 is 5.97 Å². The van der Waals surface area contributed by atoms with E-state index in [1.807, 2.05) is 43.3 Å². The van der Waals surface area contributed by atoms with Gasteiger partial charge in [0.15, 0.2) is 0 Å². The highest BCUT2D eigenvalue weighted by molar-refractivity contribution is 5.98. The number of amides is 1. The summed E-state index contributed by atoms with van der Waals surface area (Å²) in [5.74, 6) is -0.828. The van der Waals surface area contributed by atoms with Gasteiger partial charge in [-0.25, -0.2) is 4.79 Å². The van der Waals surface area contributed by atoms with E-state index in [1.165, 1.54) is 5.56 Å². The first-order valence-corrected chi connectivity index (χ1v) is 10.1. The molecule has 1 heterocycles. The minimum absolute atomic E-state index is 0.0134. The third-order valence-electron chi connectivity index (χ3n) is 5.45. The van der Waals surface area contributed by atoms with Crippen LogP contribution in [0.1, 0.15) is 52.4 Å². The Bertz CT molecular complexity index is 979. The van der Waals surface area contributed by atoms with E-state index in [9.17, 15) is 19.8 Å². The van der Waals surface area contributed by atoms with Crippen LogP contribution in [0.5, 0.6) is 11.5 Å². The van der Waals surface area contributed by atoms with E-state index in [-0.39, 0.29) is 36.0 Å². The van der Waals surface area contributed by atoms with Crippen molar-refractivity contribution in [3.63, 3.8) is 0 Å². The summed E-state index contributed by atoms with van der Waals surface area (Å²) >= 11 is 0. The highest BCUT2D eigenvalue weighted by Crippen LogP contribution is 2.41. The molecule has 158 valence electrons. The van der Waals surface area contributed by atoms with E-state index in [0.717, 1.165) is 12.0 Å². The maximum Gasteiger partial charge on any atom is 0.342 e. The fourth-order valence-corrected chi connectivity index (χ4v) is 3.53. The van der Waals surface area contributed by atoms with Gasteiger partial charge in [0.2, 0.25) is 5.91 Å². The van der Waals surface area contributed by atoms with Gasteiger partial charge in [0, 0.05) is 24.1 Å². The van der Waals surface area contributed by atoms with Gasteiger partial charge in [0.25, 0.3) is 0 Å². The third kappa shape index (κ3) is 4.82. The standard InChI is InChI=1S/C24H27NO5/c1-15(9-11-20(26)25-13-12-17-6-4-3-5-7-17)8-10-18-22(27)16(2)19-14-30-24(29)21(19)23(18)28/h3-8,27-28H,9-14H2,1-2H3,(H,25,26)/b15-8-.